The molecule has 0 fully saturated rings. The second-order valence-corrected chi connectivity index (χ2v) is 3.11. The van der Waals surface area contributed by atoms with Crippen LogP contribution in [-0.2, 0) is 7.05 Å². The van der Waals surface area contributed by atoms with E-state index in [1.54, 1.807) is 6.20 Å². The lowest BCUT2D eigenvalue weighted by atomic mass is 10.3. The van der Waals surface area contributed by atoms with Crippen LogP contribution in [0, 0.1) is 13.8 Å². The van der Waals surface area contributed by atoms with E-state index in [1.807, 2.05) is 52.4 Å². The monoisotopic (exact) mass is 237 g/mol. The summed E-state index contributed by atoms with van der Waals surface area (Å²) in [6.45, 7) is 12.0. The van der Waals surface area contributed by atoms with Gasteiger partial charge in [0.1, 0.15) is 5.52 Å². The molecule has 0 saturated carbocycles. The summed E-state index contributed by atoms with van der Waals surface area (Å²) in [5, 5.41) is 0. The molecule has 2 rings (SSSR count). The van der Waals surface area contributed by atoms with E-state index in [4.69, 9.17) is 0 Å². The first-order valence-electron chi connectivity index (χ1n) is 5.94. The first-order valence-corrected chi connectivity index (χ1v) is 5.94. The first kappa shape index (κ1) is 18.0. The van der Waals surface area contributed by atoms with Crippen molar-refractivity contribution >= 4 is 11.2 Å². The Bertz CT molecular complexity index is 430. The summed E-state index contributed by atoms with van der Waals surface area (Å²) in [5.74, 6) is 0. The molecule has 0 aliphatic carbocycles. The van der Waals surface area contributed by atoms with Gasteiger partial charge in [0, 0.05) is 13.2 Å². The lowest BCUT2D eigenvalue weighted by Crippen LogP contribution is -1.90. The van der Waals surface area contributed by atoms with Crippen LogP contribution in [0.1, 0.15) is 46.4 Å². The Balaban J connectivity index is 0. The summed E-state index contributed by atoms with van der Waals surface area (Å²) in [6.07, 6.45) is 3.84. The Kier molecular flexibility index (Phi) is 9.25. The lowest BCUT2D eigenvalue weighted by Gasteiger charge is -1.94. The highest BCUT2D eigenvalue weighted by atomic mass is 15.0. The summed E-state index contributed by atoms with van der Waals surface area (Å²) >= 11 is 0. The first-order chi connectivity index (χ1) is 7.68. The van der Waals surface area contributed by atoms with E-state index >= 15 is 0 Å². The van der Waals surface area contributed by atoms with Gasteiger partial charge in [0.05, 0.1) is 11.9 Å². The van der Waals surface area contributed by atoms with Gasteiger partial charge in [-0.15, -0.1) is 0 Å². The largest absolute Gasteiger partial charge is 0.334 e. The van der Waals surface area contributed by atoms with E-state index in [9.17, 15) is 0 Å². The minimum atomic E-state index is 0. The molecule has 0 radical (unpaired) electrons. The van der Waals surface area contributed by atoms with Crippen molar-refractivity contribution < 1.29 is 0 Å². The molecule has 3 heteroatoms. The van der Waals surface area contributed by atoms with E-state index in [0.29, 0.717) is 0 Å². The van der Waals surface area contributed by atoms with Crippen LogP contribution in [0.15, 0.2) is 12.4 Å². The van der Waals surface area contributed by atoms with E-state index in [-0.39, 0.29) is 7.43 Å². The molecule has 0 unspecified atom stereocenters. The number of hydrogen-bond acceptors (Lipinski definition) is 2. The molecule has 0 amide bonds. The zero-order valence-corrected chi connectivity index (χ0v) is 11.5. The number of hydrogen-bond donors (Lipinski definition) is 0. The molecule has 0 spiro atoms. The molecule has 98 valence electrons. The van der Waals surface area contributed by atoms with Crippen molar-refractivity contribution in [3.63, 3.8) is 0 Å². The number of nitrogens with zero attached hydrogens (tertiary/aromatic N) is 3. The van der Waals surface area contributed by atoms with Gasteiger partial charge in [-0.3, -0.25) is 0 Å². The fourth-order valence-electron chi connectivity index (χ4n) is 1.41. The molecule has 0 aliphatic rings. The van der Waals surface area contributed by atoms with Crippen LogP contribution in [-0.4, -0.2) is 14.5 Å². The highest BCUT2D eigenvalue weighted by Gasteiger charge is 2.04. The van der Waals surface area contributed by atoms with Crippen molar-refractivity contribution in [2.45, 2.75) is 49.0 Å². The van der Waals surface area contributed by atoms with E-state index < -0.39 is 0 Å². The predicted molar refractivity (Wildman–Crippen MR) is 77.4 cm³/mol. The average Bonchev–Trinajstić information content (AvgIpc) is 2.60. The van der Waals surface area contributed by atoms with E-state index in [1.165, 1.54) is 5.56 Å². The Labute approximate surface area is 106 Å². The summed E-state index contributed by atoms with van der Waals surface area (Å²) in [4.78, 5) is 8.71. The number of aromatic nitrogens is 3. The quantitative estimate of drug-likeness (QED) is 0.685. The highest BCUT2D eigenvalue weighted by Crippen LogP contribution is 2.14. The van der Waals surface area contributed by atoms with Crippen LogP contribution < -0.4 is 0 Å². The van der Waals surface area contributed by atoms with Gasteiger partial charge in [0.15, 0.2) is 5.65 Å². The molecule has 0 aromatic carbocycles. The minimum Gasteiger partial charge on any atom is -0.334 e. The third-order valence-corrected chi connectivity index (χ3v) is 1.97. The van der Waals surface area contributed by atoms with Gasteiger partial charge in [-0.25, -0.2) is 9.97 Å². The molecular weight excluding hydrogens is 210 g/mol. The molecule has 0 aliphatic heterocycles. The maximum atomic E-state index is 4.41. The van der Waals surface area contributed by atoms with Crippen LogP contribution >= 0.6 is 0 Å². The van der Waals surface area contributed by atoms with Crippen LogP contribution in [0.5, 0.6) is 0 Å². The third kappa shape index (κ3) is 4.17. The summed E-state index contributed by atoms with van der Waals surface area (Å²) in [7, 11) is 1.99. The van der Waals surface area contributed by atoms with Crippen molar-refractivity contribution in [2.24, 2.45) is 7.05 Å². The fourth-order valence-corrected chi connectivity index (χ4v) is 1.41. The summed E-state index contributed by atoms with van der Waals surface area (Å²) in [5.41, 5.74) is 4.12. The van der Waals surface area contributed by atoms with Crippen molar-refractivity contribution in [3.05, 3.63) is 23.7 Å². The maximum Gasteiger partial charge on any atom is 0.158 e. The third-order valence-electron chi connectivity index (χ3n) is 1.97. The topological polar surface area (TPSA) is 30.7 Å². The molecule has 0 atom stereocenters. The van der Waals surface area contributed by atoms with Gasteiger partial charge < -0.3 is 4.57 Å². The lowest BCUT2D eigenvalue weighted by molar-refractivity contribution is 0.940. The van der Waals surface area contributed by atoms with Gasteiger partial charge >= 0.3 is 0 Å². The summed E-state index contributed by atoms with van der Waals surface area (Å²) in [6, 6.07) is 0. The van der Waals surface area contributed by atoms with Crippen LogP contribution in [0.25, 0.3) is 11.2 Å². The van der Waals surface area contributed by atoms with E-state index in [0.717, 1.165) is 16.9 Å². The van der Waals surface area contributed by atoms with Crippen LogP contribution in [0.3, 0.4) is 0 Å². The van der Waals surface area contributed by atoms with Crippen molar-refractivity contribution in [1.82, 2.24) is 14.5 Å². The number of fused-ring (bicyclic) bond motifs is 1. The maximum absolute atomic E-state index is 4.41. The number of aryl methyl sites for hydroxylation is 3. The molecule has 0 saturated heterocycles. The normalized spacial score (nSPS) is 8.41. The smallest absolute Gasteiger partial charge is 0.158 e. The summed E-state index contributed by atoms with van der Waals surface area (Å²) < 4.78 is 2.00. The fraction of sp³-hybridized carbons (Fsp3) is 0.571. The standard InChI is InChI=1S/C9H11N3.2C2H6.CH4/c1-6-5-12(3)9-8(6)11-7(2)4-10-9;2*1-2;/h4-5H,1-3H3;2*1-2H3;1H4. The number of rotatable bonds is 0. The van der Waals surface area contributed by atoms with Crippen molar-refractivity contribution in [3.8, 4) is 0 Å². The van der Waals surface area contributed by atoms with Gasteiger partial charge in [0.2, 0.25) is 0 Å². The molecule has 2 aromatic rings. The van der Waals surface area contributed by atoms with Gasteiger partial charge in [0.25, 0.3) is 0 Å². The Hall–Kier alpha value is -1.38. The molecule has 2 heterocycles. The SMILES string of the molecule is C.CC.CC.Cc1cnc2c(n1)c(C)cn2C. The van der Waals surface area contributed by atoms with Gasteiger partial charge in [-0.1, -0.05) is 35.1 Å². The predicted octanol–water partition coefficient (Wildman–Crippen LogP) is 4.27. The van der Waals surface area contributed by atoms with Gasteiger partial charge in [-0.2, -0.15) is 0 Å². The molecule has 17 heavy (non-hydrogen) atoms. The van der Waals surface area contributed by atoms with Gasteiger partial charge in [-0.05, 0) is 19.4 Å². The molecule has 0 bridgehead atoms. The van der Waals surface area contributed by atoms with Crippen molar-refractivity contribution in [1.29, 1.82) is 0 Å². The molecule has 3 nitrogen and oxygen atoms in total. The molecule has 2 aromatic heterocycles. The zero-order chi connectivity index (χ0) is 12.7. The average molecular weight is 237 g/mol. The minimum absolute atomic E-state index is 0. The second kappa shape index (κ2) is 8.74. The molecule has 0 N–H and O–H groups in total. The van der Waals surface area contributed by atoms with Crippen LogP contribution in [0.2, 0.25) is 0 Å². The zero-order valence-electron chi connectivity index (χ0n) is 11.5. The second-order valence-electron chi connectivity index (χ2n) is 3.11. The van der Waals surface area contributed by atoms with Crippen LogP contribution in [0.4, 0.5) is 0 Å². The van der Waals surface area contributed by atoms with E-state index in [2.05, 4.69) is 16.9 Å². The van der Waals surface area contributed by atoms with Crippen molar-refractivity contribution in [2.75, 3.05) is 0 Å². The Morgan fingerprint density at radius 3 is 2.12 bits per heavy atom. The Morgan fingerprint density at radius 2 is 1.59 bits per heavy atom. The Morgan fingerprint density at radius 1 is 1.06 bits per heavy atom. The molecular formula is C14H27N3. The highest BCUT2D eigenvalue weighted by molar-refractivity contribution is 5.75.